The van der Waals surface area contributed by atoms with Gasteiger partial charge in [0.05, 0.1) is 12.7 Å². The van der Waals surface area contributed by atoms with E-state index in [2.05, 4.69) is 15.6 Å². The van der Waals surface area contributed by atoms with Crippen molar-refractivity contribution in [3.05, 3.63) is 24.0 Å². The molecular formula is C15H23N3O2. The molecule has 0 aliphatic heterocycles. The molecule has 1 aromatic heterocycles. The monoisotopic (exact) mass is 277 g/mol. The Hall–Kier alpha value is -1.62. The lowest BCUT2D eigenvalue weighted by molar-refractivity contribution is 0.0299. The molecule has 1 aliphatic carbocycles. The molecule has 0 unspecified atom stereocenters. The number of rotatable bonds is 6. The summed E-state index contributed by atoms with van der Waals surface area (Å²) in [6, 6.07) is 3.56. The maximum absolute atomic E-state index is 11.9. The number of nitrogens with zero attached hydrogens (tertiary/aromatic N) is 1. The van der Waals surface area contributed by atoms with Crippen LogP contribution in [0.15, 0.2) is 18.3 Å². The van der Waals surface area contributed by atoms with Crippen LogP contribution < -0.4 is 10.6 Å². The Balaban J connectivity index is 1.69. The summed E-state index contributed by atoms with van der Waals surface area (Å²) in [6.45, 7) is 1.10. The first-order valence-electron chi connectivity index (χ1n) is 7.33. The molecule has 20 heavy (non-hydrogen) atoms. The zero-order valence-electron chi connectivity index (χ0n) is 12.0. The summed E-state index contributed by atoms with van der Waals surface area (Å²) in [4.78, 5) is 16.0. The topological polar surface area (TPSA) is 63.2 Å². The number of pyridine rings is 1. The number of anilines is 1. The van der Waals surface area contributed by atoms with Crippen LogP contribution in [0.4, 0.5) is 5.69 Å². The summed E-state index contributed by atoms with van der Waals surface area (Å²) < 4.78 is 5.77. The molecule has 0 spiro atoms. The number of amides is 1. The first kappa shape index (κ1) is 14.8. The Morgan fingerprint density at radius 3 is 2.95 bits per heavy atom. The van der Waals surface area contributed by atoms with Crippen LogP contribution in [0.25, 0.3) is 0 Å². The lowest BCUT2D eigenvalue weighted by Crippen LogP contribution is -2.29. The van der Waals surface area contributed by atoms with Crippen LogP contribution in [-0.2, 0) is 4.74 Å². The minimum absolute atomic E-state index is 0.158. The summed E-state index contributed by atoms with van der Waals surface area (Å²) in [5.74, 6) is -0.158. The highest BCUT2D eigenvalue weighted by Gasteiger charge is 2.13. The third-order valence-electron chi connectivity index (χ3n) is 3.57. The van der Waals surface area contributed by atoms with Crippen LogP contribution in [0, 0.1) is 0 Å². The first-order valence-corrected chi connectivity index (χ1v) is 7.33. The van der Waals surface area contributed by atoms with E-state index in [0.29, 0.717) is 24.9 Å². The first-order chi connectivity index (χ1) is 9.79. The van der Waals surface area contributed by atoms with E-state index in [1.54, 1.807) is 12.3 Å². The fourth-order valence-corrected chi connectivity index (χ4v) is 2.42. The maximum atomic E-state index is 11.9. The maximum Gasteiger partial charge on any atom is 0.270 e. The van der Waals surface area contributed by atoms with Gasteiger partial charge < -0.3 is 15.4 Å². The van der Waals surface area contributed by atoms with Gasteiger partial charge in [-0.1, -0.05) is 19.3 Å². The van der Waals surface area contributed by atoms with Crippen molar-refractivity contribution in [3.8, 4) is 0 Å². The van der Waals surface area contributed by atoms with Crippen molar-refractivity contribution >= 4 is 11.6 Å². The summed E-state index contributed by atoms with van der Waals surface area (Å²) in [6.07, 6.45) is 8.16. The van der Waals surface area contributed by atoms with E-state index in [1.807, 2.05) is 13.1 Å². The van der Waals surface area contributed by atoms with Gasteiger partial charge in [0.1, 0.15) is 5.69 Å². The Labute approximate surface area is 120 Å². The van der Waals surface area contributed by atoms with Gasteiger partial charge in [-0.3, -0.25) is 9.78 Å². The fraction of sp³-hybridized carbons (Fsp3) is 0.600. The smallest absolute Gasteiger partial charge is 0.270 e. The number of aromatic nitrogens is 1. The minimum Gasteiger partial charge on any atom is -0.388 e. The second kappa shape index (κ2) is 7.85. The zero-order chi connectivity index (χ0) is 14.2. The van der Waals surface area contributed by atoms with Crippen molar-refractivity contribution in [1.82, 2.24) is 10.3 Å². The Morgan fingerprint density at radius 1 is 1.40 bits per heavy atom. The van der Waals surface area contributed by atoms with Crippen molar-refractivity contribution in [1.29, 1.82) is 0 Å². The van der Waals surface area contributed by atoms with Crippen molar-refractivity contribution < 1.29 is 9.53 Å². The van der Waals surface area contributed by atoms with E-state index >= 15 is 0 Å². The second-order valence-corrected chi connectivity index (χ2v) is 5.07. The van der Waals surface area contributed by atoms with Gasteiger partial charge in [-0.15, -0.1) is 0 Å². The molecule has 0 atom stereocenters. The van der Waals surface area contributed by atoms with Crippen LogP contribution in [0.2, 0.25) is 0 Å². The molecule has 0 saturated heterocycles. The molecular weight excluding hydrogens is 254 g/mol. The molecule has 5 heteroatoms. The average molecular weight is 277 g/mol. The van der Waals surface area contributed by atoms with Crippen molar-refractivity contribution in [3.63, 3.8) is 0 Å². The molecule has 1 aromatic rings. The minimum atomic E-state index is -0.158. The van der Waals surface area contributed by atoms with E-state index in [-0.39, 0.29) is 5.91 Å². The van der Waals surface area contributed by atoms with Crippen LogP contribution in [0.3, 0.4) is 0 Å². The van der Waals surface area contributed by atoms with Crippen LogP contribution >= 0.6 is 0 Å². The average Bonchev–Trinajstić information content (AvgIpc) is 2.52. The molecule has 1 amide bonds. The Morgan fingerprint density at radius 2 is 2.20 bits per heavy atom. The van der Waals surface area contributed by atoms with Gasteiger partial charge in [-0.05, 0) is 25.0 Å². The Kier molecular flexibility index (Phi) is 5.80. The lowest BCUT2D eigenvalue weighted by atomic mass is 9.98. The van der Waals surface area contributed by atoms with Crippen LogP contribution in [0.5, 0.6) is 0 Å². The van der Waals surface area contributed by atoms with Gasteiger partial charge in [0.2, 0.25) is 0 Å². The van der Waals surface area contributed by atoms with Gasteiger partial charge in [0.25, 0.3) is 5.91 Å². The lowest BCUT2D eigenvalue weighted by Gasteiger charge is -2.21. The molecule has 0 bridgehead atoms. The molecule has 110 valence electrons. The number of carbonyl (C=O) groups excluding carboxylic acids is 1. The molecule has 0 radical (unpaired) electrons. The molecule has 0 aromatic carbocycles. The predicted molar refractivity (Wildman–Crippen MR) is 78.9 cm³/mol. The van der Waals surface area contributed by atoms with Crippen molar-refractivity contribution in [2.45, 2.75) is 38.2 Å². The van der Waals surface area contributed by atoms with Gasteiger partial charge in [0.15, 0.2) is 0 Å². The van der Waals surface area contributed by atoms with Crippen molar-refractivity contribution in [2.24, 2.45) is 0 Å². The number of ether oxygens (including phenoxy) is 1. The van der Waals surface area contributed by atoms with Crippen LogP contribution in [0.1, 0.15) is 42.6 Å². The quantitative estimate of drug-likeness (QED) is 0.783. The van der Waals surface area contributed by atoms with E-state index in [4.69, 9.17) is 4.74 Å². The Bertz CT molecular complexity index is 431. The van der Waals surface area contributed by atoms with E-state index in [9.17, 15) is 4.79 Å². The number of hydrogen-bond acceptors (Lipinski definition) is 4. The van der Waals surface area contributed by atoms with Crippen molar-refractivity contribution in [2.75, 3.05) is 25.5 Å². The van der Waals surface area contributed by atoms with Gasteiger partial charge in [0, 0.05) is 25.5 Å². The molecule has 2 N–H and O–H groups in total. The summed E-state index contributed by atoms with van der Waals surface area (Å²) in [5, 5.41) is 5.82. The molecule has 1 saturated carbocycles. The third-order valence-corrected chi connectivity index (χ3v) is 3.57. The van der Waals surface area contributed by atoms with Gasteiger partial charge in [-0.25, -0.2) is 0 Å². The van der Waals surface area contributed by atoms with Gasteiger partial charge in [-0.2, -0.15) is 0 Å². The van der Waals surface area contributed by atoms with E-state index in [1.165, 1.54) is 19.3 Å². The summed E-state index contributed by atoms with van der Waals surface area (Å²) >= 11 is 0. The van der Waals surface area contributed by atoms with Gasteiger partial charge >= 0.3 is 0 Å². The molecule has 5 nitrogen and oxygen atoms in total. The van der Waals surface area contributed by atoms with E-state index < -0.39 is 0 Å². The second-order valence-electron chi connectivity index (χ2n) is 5.07. The summed E-state index contributed by atoms with van der Waals surface area (Å²) in [5.41, 5.74) is 1.30. The third kappa shape index (κ3) is 4.49. The predicted octanol–water partition coefficient (Wildman–Crippen LogP) is 2.20. The molecule has 1 heterocycles. The molecule has 1 fully saturated rings. The molecule has 1 aliphatic rings. The zero-order valence-corrected chi connectivity index (χ0v) is 12.0. The fourth-order valence-electron chi connectivity index (χ4n) is 2.42. The highest BCUT2D eigenvalue weighted by atomic mass is 16.5. The largest absolute Gasteiger partial charge is 0.388 e. The highest BCUT2D eigenvalue weighted by Crippen LogP contribution is 2.19. The number of carbonyl (C=O) groups is 1. The SMILES string of the molecule is CNc1ccnc(C(=O)NCCOC2CCCCC2)c1. The molecule has 2 rings (SSSR count). The summed E-state index contributed by atoms with van der Waals surface area (Å²) in [7, 11) is 1.81. The van der Waals surface area contributed by atoms with Crippen LogP contribution in [-0.4, -0.2) is 37.2 Å². The number of hydrogen-bond donors (Lipinski definition) is 2. The normalized spacial score (nSPS) is 15.8. The highest BCUT2D eigenvalue weighted by molar-refractivity contribution is 5.93. The van der Waals surface area contributed by atoms with E-state index in [0.717, 1.165) is 18.5 Å². The standard InChI is InChI=1S/C15H23N3O2/c1-16-12-7-8-17-14(11-12)15(19)18-9-10-20-13-5-3-2-4-6-13/h7-8,11,13H,2-6,9-10H2,1H3,(H,16,17)(H,18,19). The number of nitrogens with one attached hydrogen (secondary N) is 2.